The highest BCUT2D eigenvalue weighted by Crippen LogP contribution is 2.24. The molecule has 2 aliphatic rings. The van der Waals surface area contributed by atoms with Crippen molar-refractivity contribution in [3.63, 3.8) is 0 Å². The minimum Gasteiger partial charge on any atom is -0.354 e. The number of piperazine rings is 1. The van der Waals surface area contributed by atoms with Gasteiger partial charge in [-0.3, -0.25) is 9.69 Å². The van der Waals surface area contributed by atoms with E-state index in [1.807, 2.05) is 0 Å². The molecular formula is C14H27N3O. The van der Waals surface area contributed by atoms with Crippen LogP contribution in [0.15, 0.2) is 0 Å². The lowest BCUT2D eigenvalue weighted by Gasteiger charge is -2.41. The molecule has 18 heavy (non-hydrogen) atoms. The number of rotatable bonds is 3. The lowest BCUT2D eigenvalue weighted by Crippen LogP contribution is -2.52. The van der Waals surface area contributed by atoms with Gasteiger partial charge in [0, 0.05) is 45.2 Å². The van der Waals surface area contributed by atoms with E-state index in [0.717, 1.165) is 18.9 Å². The molecule has 1 heterocycles. The fourth-order valence-corrected chi connectivity index (χ4v) is 3.32. The zero-order valence-corrected chi connectivity index (χ0v) is 11.8. The van der Waals surface area contributed by atoms with Crippen molar-refractivity contribution in [2.75, 3.05) is 32.7 Å². The predicted molar refractivity (Wildman–Crippen MR) is 73.5 cm³/mol. The maximum absolute atomic E-state index is 11.0. The molecule has 0 aromatic rings. The third-order valence-electron chi connectivity index (χ3n) is 4.47. The molecule has 0 atom stereocenters. The van der Waals surface area contributed by atoms with Crippen molar-refractivity contribution in [1.29, 1.82) is 0 Å². The monoisotopic (exact) mass is 253 g/mol. The Kier molecular flexibility index (Phi) is 5.01. The summed E-state index contributed by atoms with van der Waals surface area (Å²) >= 11 is 0. The van der Waals surface area contributed by atoms with Gasteiger partial charge in [0.15, 0.2) is 0 Å². The zero-order valence-electron chi connectivity index (χ0n) is 11.8. The van der Waals surface area contributed by atoms with E-state index < -0.39 is 0 Å². The van der Waals surface area contributed by atoms with Gasteiger partial charge in [-0.05, 0) is 32.2 Å². The topological polar surface area (TPSA) is 35.6 Å². The molecule has 0 aromatic heterocycles. The summed E-state index contributed by atoms with van der Waals surface area (Å²) < 4.78 is 0. The molecule has 1 amide bonds. The first kappa shape index (κ1) is 13.8. The van der Waals surface area contributed by atoms with Crippen LogP contribution in [0, 0.1) is 0 Å². The van der Waals surface area contributed by atoms with Crippen LogP contribution in [0.4, 0.5) is 0 Å². The number of carbonyl (C=O) groups excluding carboxylic acids is 1. The summed E-state index contributed by atoms with van der Waals surface area (Å²) in [5.41, 5.74) is 0. The second-order valence-electron chi connectivity index (χ2n) is 5.68. The van der Waals surface area contributed by atoms with Crippen molar-refractivity contribution in [2.24, 2.45) is 0 Å². The quantitative estimate of drug-likeness (QED) is 0.817. The molecule has 4 nitrogen and oxygen atoms in total. The third-order valence-corrected chi connectivity index (χ3v) is 4.47. The van der Waals surface area contributed by atoms with Crippen molar-refractivity contribution in [3.05, 3.63) is 0 Å². The van der Waals surface area contributed by atoms with Crippen LogP contribution >= 0.6 is 0 Å². The van der Waals surface area contributed by atoms with Crippen molar-refractivity contribution in [2.45, 2.75) is 51.6 Å². The molecule has 104 valence electrons. The van der Waals surface area contributed by atoms with Crippen LogP contribution < -0.4 is 5.32 Å². The van der Waals surface area contributed by atoms with E-state index in [0.29, 0.717) is 6.04 Å². The molecule has 4 heteroatoms. The van der Waals surface area contributed by atoms with E-state index in [-0.39, 0.29) is 5.91 Å². The second kappa shape index (κ2) is 6.53. The van der Waals surface area contributed by atoms with E-state index >= 15 is 0 Å². The molecule has 1 aliphatic heterocycles. The predicted octanol–water partition coefficient (Wildman–Crippen LogP) is 1.07. The molecule has 1 saturated heterocycles. The number of nitrogens with zero attached hydrogens (tertiary/aromatic N) is 2. The maximum Gasteiger partial charge on any atom is 0.217 e. The van der Waals surface area contributed by atoms with Gasteiger partial charge < -0.3 is 10.2 Å². The van der Waals surface area contributed by atoms with E-state index in [2.05, 4.69) is 22.0 Å². The lowest BCUT2D eigenvalue weighted by molar-refractivity contribution is -0.119. The Morgan fingerprint density at radius 3 is 2.22 bits per heavy atom. The highest BCUT2D eigenvalue weighted by Gasteiger charge is 2.28. The Labute approximate surface area is 111 Å². The lowest BCUT2D eigenvalue weighted by atomic mass is 9.90. The smallest absolute Gasteiger partial charge is 0.217 e. The Bertz CT molecular complexity index is 266. The van der Waals surface area contributed by atoms with E-state index in [1.54, 1.807) is 6.92 Å². The molecule has 1 saturated carbocycles. The van der Waals surface area contributed by atoms with Gasteiger partial charge in [0.1, 0.15) is 0 Å². The van der Waals surface area contributed by atoms with Crippen molar-refractivity contribution < 1.29 is 4.79 Å². The molecule has 0 unspecified atom stereocenters. The molecule has 0 bridgehead atoms. The van der Waals surface area contributed by atoms with Gasteiger partial charge >= 0.3 is 0 Å². The minimum absolute atomic E-state index is 0.120. The second-order valence-corrected chi connectivity index (χ2v) is 5.68. The summed E-state index contributed by atoms with van der Waals surface area (Å²) in [4.78, 5) is 16.2. The first-order valence-corrected chi connectivity index (χ1v) is 7.42. The first-order valence-electron chi connectivity index (χ1n) is 7.42. The van der Waals surface area contributed by atoms with Crippen LogP contribution in [0.25, 0.3) is 0 Å². The van der Waals surface area contributed by atoms with Crippen LogP contribution in [-0.2, 0) is 4.79 Å². The largest absolute Gasteiger partial charge is 0.354 e. The average molecular weight is 253 g/mol. The highest BCUT2D eigenvalue weighted by molar-refractivity contribution is 5.73. The van der Waals surface area contributed by atoms with Gasteiger partial charge in [0.05, 0.1) is 0 Å². The number of nitrogens with one attached hydrogen (secondary N) is 1. The van der Waals surface area contributed by atoms with Gasteiger partial charge in [-0.1, -0.05) is 6.92 Å². The zero-order chi connectivity index (χ0) is 13.0. The van der Waals surface area contributed by atoms with Crippen molar-refractivity contribution in [3.8, 4) is 0 Å². The van der Waals surface area contributed by atoms with Crippen LogP contribution in [0.1, 0.15) is 39.5 Å². The van der Waals surface area contributed by atoms with Crippen LogP contribution in [0.2, 0.25) is 0 Å². The van der Waals surface area contributed by atoms with Crippen molar-refractivity contribution in [1.82, 2.24) is 15.1 Å². The van der Waals surface area contributed by atoms with Crippen molar-refractivity contribution >= 4 is 5.91 Å². The molecule has 0 spiro atoms. The molecular weight excluding hydrogens is 226 g/mol. The molecule has 0 aromatic carbocycles. The minimum atomic E-state index is 0.120. The standard InChI is InChI=1S/C14H27N3O/c1-3-16-8-10-17(11-9-16)14-6-4-13(5-7-14)15-12(2)18/h13-14H,3-11H2,1-2H3,(H,15,18). The number of hydrogen-bond donors (Lipinski definition) is 1. The van der Waals surface area contributed by atoms with Gasteiger partial charge in [-0.25, -0.2) is 0 Å². The fraction of sp³-hybridized carbons (Fsp3) is 0.929. The maximum atomic E-state index is 11.0. The number of hydrogen-bond acceptors (Lipinski definition) is 3. The van der Waals surface area contributed by atoms with Gasteiger partial charge in [0.2, 0.25) is 5.91 Å². The van der Waals surface area contributed by atoms with E-state index in [9.17, 15) is 4.79 Å². The van der Waals surface area contributed by atoms with Crippen LogP contribution in [-0.4, -0.2) is 60.5 Å². The summed E-state index contributed by atoms with van der Waals surface area (Å²) in [6.45, 7) is 9.95. The van der Waals surface area contributed by atoms with Gasteiger partial charge in [-0.2, -0.15) is 0 Å². The SMILES string of the molecule is CCN1CCN(C2CCC(NC(C)=O)CC2)CC1. The fourth-order valence-electron chi connectivity index (χ4n) is 3.32. The molecule has 2 fully saturated rings. The normalized spacial score (nSPS) is 31.2. The van der Waals surface area contributed by atoms with Crippen LogP contribution in [0.3, 0.4) is 0 Å². The average Bonchev–Trinajstić information content (AvgIpc) is 2.39. The first-order chi connectivity index (χ1) is 8.69. The number of carbonyl (C=O) groups is 1. The number of likely N-dealkylation sites (N-methyl/N-ethyl adjacent to an activating group) is 1. The Hall–Kier alpha value is -0.610. The summed E-state index contributed by atoms with van der Waals surface area (Å²) in [6.07, 6.45) is 4.80. The summed E-state index contributed by atoms with van der Waals surface area (Å²) in [5, 5.41) is 3.06. The van der Waals surface area contributed by atoms with E-state index in [4.69, 9.17) is 0 Å². The summed E-state index contributed by atoms with van der Waals surface area (Å²) in [5.74, 6) is 0.120. The summed E-state index contributed by atoms with van der Waals surface area (Å²) in [7, 11) is 0. The number of amides is 1. The Balaban J connectivity index is 1.71. The third kappa shape index (κ3) is 3.69. The summed E-state index contributed by atoms with van der Waals surface area (Å²) in [6, 6.07) is 1.18. The van der Waals surface area contributed by atoms with Gasteiger partial charge in [-0.15, -0.1) is 0 Å². The van der Waals surface area contributed by atoms with E-state index in [1.165, 1.54) is 45.6 Å². The molecule has 0 radical (unpaired) electrons. The van der Waals surface area contributed by atoms with Crippen LogP contribution in [0.5, 0.6) is 0 Å². The highest BCUT2D eigenvalue weighted by atomic mass is 16.1. The van der Waals surface area contributed by atoms with Gasteiger partial charge in [0.25, 0.3) is 0 Å². The Morgan fingerprint density at radius 1 is 1.11 bits per heavy atom. The molecule has 1 aliphatic carbocycles. The molecule has 1 N–H and O–H groups in total. The molecule has 2 rings (SSSR count). The Morgan fingerprint density at radius 2 is 1.72 bits per heavy atom.